The van der Waals surface area contributed by atoms with E-state index in [0.29, 0.717) is 34.2 Å². The van der Waals surface area contributed by atoms with Crippen LogP contribution < -0.4 is 24.8 Å². The number of fused-ring (bicyclic) bond motifs is 4. The van der Waals surface area contributed by atoms with E-state index < -0.39 is 48.1 Å². The van der Waals surface area contributed by atoms with E-state index in [1.165, 1.54) is 12.7 Å². The van der Waals surface area contributed by atoms with Crippen LogP contribution in [0.5, 0.6) is 17.2 Å². The first-order valence-electron chi connectivity index (χ1n) is 28.0. The monoisotopic (exact) mass is 1110 g/mol. The number of aliphatic imine (C=N–C) groups is 1. The highest BCUT2D eigenvalue weighted by Gasteiger charge is 2.49. The molecule has 8 aromatic rings. The van der Waals surface area contributed by atoms with Crippen molar-refractivity contribution in [3.8, 4) is 28.4 Å². The first-order valence-corrected chi connectivity index (χ1v) is 28.0. The Balaban J connectivity index is 1.000. The van der Waals surface area contributed by atoms with Crippen molar-refractivity contribution in [2.75, 3.05) is 47.6 Å². The second kappa shape index (κ2) is 26.3. The number of unbranched alkanes of at least 4 members (excludes halogenated alkanes) is 2. The molecule has 3 heterocycles. The number of methoxy groups -OCH3 is 3. The number of ether oxygens (including phenoxy) is 6. The Morgan fingerprint density at radius 1 is 0.720 bits per heavy atom. The van der Waals surface area contributed by atoms with Gasteiger partial charge in [-0.25, -0.2) is 24.7 Å². The minimum Gasteiger partial charge on any atom is -0.497 e. The van der Waals surface area contributed by atoms with E-state index in [2.05, 4.69) is 51.5 Å². The molecule has 0 spiro atoms. The number of carbonyl (C=O) groups is 2. The van der Waals surface area contributed by atoms with Crippen LogP contribution in [0, 0.1) is 0 Å². The maximum absolute atomic E-state index is 15.2. The standard InChI is InChI=1S/C65H70N8O9/c1-6-8-35-72(36-9-7-2)41-69-60-58-61(67-40-66-60)73(42-68-58)63-59(74)57(56(82-63)39-81-65(44-17-11-10-12-18-44,45-25-31-48(78-4)32-26-45)46-27-33-49(79-5)34-28-46)71-62(75)55(37-43-23-29-47(77-3)30-24-43)70-64(76)80-38-54-52-21-15-13-19-50(52)51-20-14-16-22-53(51)54/h10-34,40-42,54-57,59,63,74H,6-9,35-39H2,1-5H3,(H,70,76)(H,71,75)/b69-41+/t55-,56+,57+,59+,63+/m0/s1. The van der Waals surface area contributed by atoms with E-state index in [1.54, 1.807) is 38.0 Å². The first kappa shape index (κ1) is 56.6. The maximum Gasteiger partial charge on any atom is 0.407 e. The second-order valence-electron chi connectivity index (χ2n) is 20.5. The van der Waals surface area contributed by atoms with Gasteiger partial charge in [0.1, 0.15) is 54.0 Å². The molecular weight excluding hydrogens is 1040 g/mol. The van der Waals surface area contributed by atoms with Crippen molar-refractivity contribution in [1.82, 2.24) is 35.1 Å². The first-order chi connectivity index (χ1) is 40.2. The summed E-state index contributed by atoms with van der Waals surface area (Å²) in [5.74, 6) is 1.47. The Kier molecular flexibility index (Phi) is 18.2. The summed E-state index contributed by atoms with van der Waals surface area (Å²) in [7, 11) is 4.80. The van der Waals surface area contributed by atoms with E-state index in [4.69, 9.17) is 38.4 Å². The summed E-state index contributed by atoms with van der Waals surface area (Å²) in [6.07, 6.45) is 4.52. The molecule has 1 saturated heterocycles. The van der Waals surface area contributed by atoms with Crippen LogP contribution in [0.3, 0.4) is 0 Å². The quantitative estimate of drug-likeness (QED) is 0.0278. The van der Waals surface area contributed by atoms with Crippen LogP contribution in [0.2, 0.25) is 0 Å². The number of aliphatic hydroxyl groups excluding tert-OH is 1. The Labute approximate surface area is 478 Å². The minimum absolute atomic E-state index is 0.0317. The van der Waals surface area contributed by atoms with Crippen molar-refractivity contribution in [3.05, 3.63) is 198 Å². The number of hydrogen-bond donors (Lipinski definition) is 3. The zero-order valence-electron chi connectivity index (χ0n) is 46.9. The molecule has 2 aromatic heterocycles. The van der Waals surface area contributed by atoms with E-state index in [-0.39, 0.29) is 25.6 Å². The molecule has 0 saturated carbocycles. The van der Waals surface area contributed by atoms with Gasteiger partial charge in [0.2, 0.25) is 5.91 Å². The largest absolute Gasteiger partial charge is 0.497 e. The summed E-state index contributed by atoms with van der Waals surface area (Å²) < 4.78 is 38.7. The van der Waals surface area contributed by atoms with E-state index in [0.717, 1.165) is 83.3 Å². The van der Waals surface area contributed by atoms with Gasteiger partial charge in [-0.3, -0.25) is 9.36 Å². The lowest BCUT2D eigenvalue weighted by Gasteiger charge is -2.37. The van der Waals surface area contributed by atoms with E-state index in [1.807, 2.05) is 134 Å². The Morgan fingerprint density at radius 2 is 1.28 bits per heavy atom. The summed E-state index contributed by atoms with van der Waals surface area (Å²) in [4.78, 5) is 50.3. The molecule has 0 unspecified atom stereocenters. The van der Waals surface area contributed by atoms with Crippen LogP contribution in [-0.2, 0) is 31.0 Å². The van der Waals surface area contributed by atoms with Crippen LogP contribution in [0.15, 0.2) is 169 Å². The molecular formula is C65H70N8O9. The lowest BCUT2D eigenvalue weighted by Crippen LogP contribution is -2.56. The highest BCUT2D eigenvalue weighted by atomic mass is 16.6. The number of aliphatic hydroxyl groups is 1. The number of amides is 2. The molecule has 3 N–H and O–H groups in total. The normalized spacial score (nSPS) is 17.0. The van der Waals surface area contributed by atoms with Gasteiger partial charge in [0.05, 0.1) is 46.6 Å². The summed E-state index contributed by atoms with van der Waals surface area (Å²) in [6.45, 7) is 5.88. The molecule has 5 atom stereocenters. The van der Waals surface area contributed by atoms with Gasteiger partial charge < -0.3 is 49.1 Å². The number of hydrogen-bond acceptors (Lipinski definition) is 13. The molecule has 6 aromatic carbocycles. The van der Waals surface area contributed by atoms with Crippen LogP contribution in [0.25, 0.3) is 22.3 Å². The molecule has 424 valence electrons. The van der Waals surface area contributed by atoms with Crippen molar-refractivity contribution in [3.63, 3.8) is 0 Å². The second-order valence-corrected chi connectivity index (χ2v) is 20.5. The molecule has 82 heavy (non-hydrogen) atoms. The number of nitrogens with zero attached hydrogens (tertiary/aromatic N) is 6. The van der Waals surface area contributed by atoms with Crippen LogP contribution in [0.4, 0.5) is 10.6 Å². The van der Waals surface area contributed by atoms with Gasteiger partial charge >= 0.3 is 6.09 Å². The maximum atomic E-state index is 15.2. The number of benzene rings is 6. The number of aromatic nitrogens is 4. The Morgan fingerprint density at radius 3 is 1.87 bits per heavy atom. The zero-order chi connectivity index (χ0) is 57.0. The van der Waals surface area contributed by atoms with Gasteiger partial charge in [-0.2, -0.15) is 0 Å². The van der Waals surface area contributed by atoms with Crippen molar-refractivity contribution in [2.45, 2.75) is 88.0 Å². The molecule has 17 nitrogen and oxygen atoms in total. The van der Waals surface area contributed by atoms with Crippen LogP contribution in [-0.4, -0.2) is 120 Å². The molecule has 17 heteroatoms. The van der Waals surface area contributed by atoms with Gasteiger partial charge in [-0.05, 0) is 93.7 Å². The molecule has 0 radical (unpaired) electrons. The molecule has 2 aliphatic rings. The lowest BCUT2D eigenvalue weighted by atomic mass is 9.80. The van der Waals surface area contributed by atoms with Crippen LogP contribution in [0.1, 0.15) is 85.1 Å². The minimum atomic E-state index is -1.43. The third-order valence-corrected chi connectivity index (χ3v) is 15.4. The van der Waals surface area contributed by atoms with Crippen molar-refractivity contribution >= 4 is 35.3 Å². The highest BCUT2D eigenvalue weighted by molar-refractivity contribution is 5.87. The van der Waals surface area contributed by atoms with Gasteiger partial charge in [-0.1, -0.05) is 142 Å². The van der Waals surface area contributed by atoms with Crippen molar-refractivity contribution < 1.29 is 43.1 Å². The smallest absolute Gasteiger partial charge is 0.407 e. The summed E-state index contributed by atoms with van der Waals surface area (Å²) >= 11 is 0. The fraction of sp³-hybridized carbons (Fsp3) is 0.323. The predicted octanol–water partition coefficient (Wildman–Crippen LogP) is 10.3. The zero-order valence-corrected chi connectivity index (χ0v) is 46.9. The Bertz CT molecular complexity index is 3330. The molecule has 0 bridgehead atoms. The van der Waals surface area contributed by atoms with E-state index in [9.17, 15) is 9.90 Å². The van der Waals surface area contributed by atoms with Gasteiger partial charge in [0, 0.05) is 25.4 Å². The van der Waals surface area contributed by atoms with Gasteiger partial charge in [0.15, 0.2) is 23.2 Å². The molecule has 2 amide bonds. The number of carbonyl (C=O) groups excluding carboxylic acids is 2. The fourth-order valence-corrected chi connectivity index (χ4v) is 11.0. The van der Waals surface area contributed by atoms with Gasteiger partial charge in [0.25, 0.3) is 0 Å². The average molecular weight is 1110 g/mol. The molecule has 1 aliphatic heterocycles. The third kappa shape index (κ3) is 12.2. The molecule has 1 fully saturated rings. The fourth-order valence-electron chi connectivity index (χ4n) is 11.0. The van der Waals surface area contributed by atoms with Crippen molar-refractivity contribution in [1.29, 1.82) is 0 Å². The number of alkyl carbamates (subject to hydrolysis) is 1. The summed E-state index contributed by atoms with van der Waals surface area (Å²) in [5, 5.41) is 18.8. The summed E-state index contributed by atoms with van der Waals surface area (Å²) in [6, 6.07) is 46.2. The highest BCUT2D eigenvalue weighted by Crippen LogP contribution is 2.46. The lowest BCUT2D eigenvalue weighted by molar-refractivity contribution is -0.125. The topological polar surface area (TPSA) is 193 Å². The number of rotatable bonds is 25. The SMILES string of the molecule is CCCCN(/C=N/c1ncnc2c1ncn2[C@@H]1O[C@H](COC(c2ccccc2)(c2ccc(OC)cc2)c2ccc(OC)cc2)[C@@H](NC(=O)[C@H](Cc2ccc(OC)cc2)NC(=O)OCC2c3ccccc3-c3ccccc32)[C@H]1O)CCCC. The molecule has 1 aliphatic carbocycles. The number of imidazole rings is 1. The third-order valence-electron chi connectivity index (χ3n) is 15.4. The summed E-state index contributed by atoms with van der Waals surface area (Å²) in [5.41, 5.74) is 6.79. The Hall–Kier alpha value is -8.64. The van der Waals surface area contributed by atoms with E-state index >= 15 is 4.79 Å². The average Bonchev–Trinajstić information content (AvgIpc) is 4.10. The number of nitrogens with one attached hydrogen (secondary N) is 2. The van der Waals surface area contributed by atoms with Crippen molar-refractivity contribution in [2.24, 2.45) is 4.99 Å². The van der Waals surface area contributed by atoms with Gasteiger partial charge in [-0.15, -0.1) is 0 Å². The van der Waals surface area contributed by atoms with Crippen LogP contribution >= 0.6 is 0 Å². The molecule has 10 rings (SSSR count). The predicted molar refractivity (Wildman–Crippen MR) is 314 cm³/mol.